The Labute approximate surface area is 104 Å². The average Bonchev–Trinajstić information content (AvgIpc) is 3.12. The van der Waals surface area contributed by atoms with Crippen molar-refractivity contribution in [3.63, 3.8) is 0 Å². The smallest absolute Gasteiger partial charge is 0.306 e. The van der Waals surface area contributed by atoms with Gasteiger partial charge in [-0.25, -0.2) is 0 Å². The zero-order chi connectivity index (χ0) is 12.4. The molecule has 5 unspecified atom stereocenters. The summed E-state index contributed by atoms with van der Waals surface area (Å²) in [6.45, 7) is 6.74. The van der Waals surface area contributed by atoms with Crippen molar-refractivity contribution in [2.24, 2.45) is 34.5 Å². The molecule has 0 aromatic carbocycles. The summed E-state index contributed by atoms with van der Waals surface area (Å²) in [7, 11) is 0. The van der Waals surface area contributed by atoms with Gasteiger partial charge in [0, 0.05) is 0 Å². The molecule has 2 nitrogen and oxygen atoms in total. The minimum Gasteiger partial charge on any atom is -0.481 e. The molecule has 0 saturated heterocycles. The molecule has 0 aliphatic heterocycles. The summed E-state index contributed by atoms with van der Waals surface area (Å²) in [6.07, 6.45) is 6.21. The fourth-order valence-corrected chi connectivity index (χ4v) is 4.66. The number of aliphatic carboxylic acids is 1. The van der Waals surface area contributed by atoms with Crippen LogP contribution in [0.5, 0.6) is 0 Å². The van der Waals surface area contributed by atoms with E-state index >= 15 is 0 Å². The number of hydrogen-bond donors (Lipinski definition) is 1. The predicted molar refractivity (Wildman–Crippen MR) is 66.6 cm³/mol. The summed E-state index contributed by atoms with van der Waals surface area (Å²) < 4.78 is 0. The topological polar surface area (TPSA) is 37.3 Å². The summed E-state index contributed by atoms with van der Waals surface area (Å²) in [6, 6.07) is 0. The van der Waals surface area contributed by atoms with Crippen LogP contribution >= 0.6 is 0 Å². The third kappa shape index (κ3) is 1.56. The number of fused-ring (bicyclic) bond motifs is 1. The van der Waals surface area contributed by atoms with E-state index in [0.717, 1.165) is 30.6 Å². The summed E-state index contributed by atoms with van der Waals surface area (Å²) in [5.74, 6) is 1.89. The molecule has 3 aliphatic carbocycles. The second-order valence-corrected chi connectivity index (χ2v) is 7.35. The van der Waals surface area contributed by atoms with Crippen molar-refractivity contribution in [3.8, 4) is 0 Å². The monoisotopic (exact) mass is 236 g/mol. The Kier molecular flexibility index (Phi) is 2.22. The van der Waals surface area contributed by atoms with Crippen LogP contribution in [0.1, 0.15) is 52.9 Å². The molecule has 0 aromatic heterocycles. The highest BCUT2D eigenvalue weighted by Crippen LogP contribution is 2.72. The highest BCUT2D eigenvalue weighted by molar-refractivity contribution is 5.71. The molecule has 3 aliphatic rings. The van der Waals surface area contributed by atoms with Crippen molar-refractivity contribution in [3.05, 3.63) is 0 Å². The number of carboxylic acids is 1. The van der Waals surface area contributed by atoms with Crippen molar-refractivity contribution in [1.82, 2.24) is 0 Å². The zero-order valence-electron chi connectivity index (χ0n) is 11.2. The molecule has 0 spiro atoms. The van der Waals surface area contributed by atoms with Gasteiger partial charge in [0.05, 0.1) is 5.92 Å². The van der Waals surface area contributed by atoms with Gasteiger partial charge in [0.15, 0.2) is 0 Å². The van der Waals surface area contributed by atoms with Gasteiger partial charge >= 0.3 is 5.97 Å². The average molecular weight is 236 g/mol. The molecule has 17 heavy (non-hydrogen) atoms. The lowest BCUT2D eigenvalue weighted by molar-refractivity contribution is -0.143. The van der Waals surface area contributed by atoms with Gasteiger partial charge in [-0.15, -0.1) is 0 Å². The van der Waals surface area contributed by atoms with Crippen LogP contribution in [0.3, 0.4) is 0 Å². The van der Waals surface area contributed by atoms with Gasteiger partial charge in [0.1, 0.15) is 0 Å². The molecule has 96 valence electrons. The fraction of sp³-hybridized carbons (Fsp3) is 0.933. The molecule has 2 heteroatoms. The third-order valence-electron chi connectivity index (χ3n) is 6.46. The second kappa shape index (κ2) is 3.27. The SMILES string of the molecule is CC1CC(CC2(C(C)C(=O)O)CC2)C2(C)CC12. The van der Waals surface area contributed by atoms with Crippen LogP contribution in [-0.4, -0.2) is 11.1 Å². The van der Waals surface area contributed by atoms with E-state index in [2.05, 4.69) is 13.8 Å². The first-order chi connectivity index (χ1) is 7.89. The second-order valence-electron chi connectivity index (χ2n) is 7.35. The van der Waals surface area contributed by atoms with E-state index in [-0.39, 0.29) is 11.3 Å². The molecule has 1 N–H and O–H groups in total. The molecule has 3 fully saturated rings. The first-order valence-corrected chi connectivity index (χ1v) is 7.12. The van der Waals surface area contributed by atoms with E-state index in [9.17, 15) is 9.90 Å². The van der Waals surface area contributed by atoms with E-state index in [1.165, 1.54) is 19.3 Å². The van der Waals surface area contributed by atoms with Crippen LogP contribution in [-0.2, 0) is 4.79 Å². The minimum absolute atomic E-state index is 0.140. The first-order valence-electron chi connectivity index (χ1n) is 7.12. The Bertz CT molecular complexity index is 358. The van der Waals surface area contributed by atoms with Gasteiger partial charge in [-0.2, -0.15) is 0 Å². The van der Waals surface area contributed by atoms with Crippen molar-refractivity contribution in [1.29, 1.82) is 0 Å². The van der Waals surface area contributed by atoms with Crippen molar-refractivity contribution < 1.29 is 9.90 Å². The highest BCUT2D eigenvalue weighted by atomic mass is 16.4. The Morgan fingerprint density at radius 1 is 1.47 bits per heavy atom. The van der Waals surface area contributed by atoms with E-state index in [4.69, 9.17) is 0 Å². The predicted octanol–water partition coefficient (Wildman–Crippen LogP) is 3.56. The maximum Gasteiger partial charge on any atom is 0.306 e. The zero-order valence-corrected chi connectivity index (χ0v) is 11.2. The molecule has 0 heterocycles. The lowest BCUT2D eigenvalue weighted by atomic mass is 9.76. The molecular formula is C15H24O2. The highest BCUT2D eigenvalue weighted by Gasteiger charge is 2.64. The van der Waals surface area contributed by atoms with Crippen LogP contribution in [0, 0.1) is 34.5 Å². The van der Waals surface area contributed by atoms with Crippen LogP contribution in [0.25, 0.3) is 0 Å². The molecule has 0 aromatic rings. The van der Waals surface area contributed by atoms with E-state index in [1.807, 2.05) is 6.92 Å². The molecule has 0 amide bonds. The fourth-order valence-electron chi connectivity index (χ4n) is 4.66. The normalized spacial score (nSPS) is 47.4. The molecule has 3 rings (SSSR count). The molecule has 5 atom stereocenters. The lowest BCUT2D eigenvalue weighted by Gasteiger charge is -2.28. The molecular weight excluding hydrogens is 212 g/mol. The van der Waals surface area contributed by atoms with Gasteiger partial charge in [0.25, 0.3) is 0 Å². The number of hydrogen-bond acceptors (Lipinski definition) is 1. The van der Waals surface area contributed by atoms with Gasteiger partial charge in [-0.05, 0) is 60.7 Å². The summed E-state index contributed by atoms with van der Waals surface area (Å²) >= 11 is 0. The third-order valence-corrected chi connectivity index (χ3v) is 6.46. The summed E-state index contributed by atoms with van der Waals surface area (Å²) in [5, 5.41) is 9.22. The first kappa shape index (κ1) is 11.6. The lowest BCUT2D eigenvalue weighted by Crippen LogP contribution is -2.26. The van der Waals surface area contributed by atoms with Gasteiger partial charge < -0.3 is 5.11 Å². The van der Waals surface area contributed by atoms with Crippen molar-refractivity contribution >= 4 is 5.97 Å². The van der Waals surface area contributed by atoms with Gasteiger partial charge in [-0.3, -0.25) is 4.79 Å². The van der Waals surface area contributed by atoms with Crippen LogP contribution in [0.4, 0.5) is 0 Å². The Morgan fingerprint density at radius 3 is 2.47 bits per heavy atom. The number of carbonyl (C=O) groups is 1. The van der Waals surface area contributed by atoms with Crippen molar-refractivity contribution in [2.75, 3.05) is 0 Å². The van der Waals surface area contributed by atoms with Crippen LogP contribution in [0.2, 0.25) is 0 Å². The number of carboxylic acid groups (broad SMARTS) is 1. The largest absolute Gasteiger partial charge is 0.481 e. The number of rotatable bonds is 4. The quantitative estimate of drug-likeness (QED) is 0.810. The maximum atomic E-state index is 11.2. The minimum atomic E-state index is -0.592. The van der Waals surface area contributed by atoms with E-state index in [0.29, 0.717) is 5.41 Å². The van der Waals surface area contributed by atoms with Gasteiger partial charge in [-0.1, -0.05) is 20.8 Å². The maximum absolute atomic E-state index is 11.2. The summed E-state index contributed by atoms with van der Waals surface area (Å²) in [5.41, 5.74) is 0.740. The molecule has 3 saturated carbocycles. The Hall–Kier alpha value is -0.530. The van der Waals surface area contributed by atoms with E-state index in [1.54, 1.807) is 0 Å². The Balaban J connectivity index is 1.70. The Morgan fingerprint density at radius 2 is 2.12 bits per heavy atom. The van der Waals surface area contributed by atoms with E-state index < -0.39 is 5.97 Å². The van der Waals surface area contributed by atoms with Gasteiger partial charge in [0.2, 0.25) is 0 Å². The summed E-state index contributed by atoms with van der Waals surface area (Å²) in [4.78, 5) is 11.2. The molecule has 0 bridgehead atoms. The molecule has 0 radical (unpaired) electrons. The van der Waals surface area contributed by atoms with Crippen LogP contribution < -0.4 is 0 Å². The standard InChI is InChI=1S/C15H24O2/c1-9-6-11(14(3)8-12(9)14)7-15(4-5-15)10(2)13(16)17/h9-12H,4-8H2,1-3H3,(H,16,17). The van der Waals surface area contributed by atoms with Crippen molar-refractivity contribution in [2.45, 2.75) is 52.9 Å². The van der Waals surface area contributed by atoms with Crippen LogP contribution in [0.15, 0.2) is 0 Å².